The topological polar surface area (TPSA) is 39.9 Å². The number of halogens is 3. The first-order valence-electron chi connectivity index (χ1n) is 8.15. The van der Waals surface area contributed by atoms with Gasteiger partial charge in [0.05, 0.1) is 23.9 Å². The van der Waals surface area contributed by atoms with Gasteiger partial charge in [0.1, 0.15) is 0 Å². The average Bonchev–Trinajstić information content (AvgIpc) is 3.17. The van der Waals surface area contributed by atoms with E-state index in [1.54, 1.807) is 11.8 Å². The van der Waals surface area contributed by atoms with Crippen molar-refractivity contribution >= 4 is 23.1 Å². The third-order valence-corrected chi connectivity index (χ3v) is 5.56. The van der Waals surface area contributed by atoms with Gasteiger partial charge in [-0.15, -0.1) is 16.9 Å². The number of benzene rings is 1. The van der Waals surface area contributed by atoms with Gasteiger partial charge in [0.2, 0.25) is 11.0 Å². The Hall–Kier alpha value is -2.00. The van der Waals surface area contributed by atoms with Gasteiger partial charge < -0.3 is 4.74 Å². The Kier molecular flexibility index (Phi) is 4.90. The van der Waals surface area contributed by atoms with E-state index in [9.17, 15) is 13.2 Å². The summed E-state index contributed by atoms with van der Waals surface area (Å²) in [6, 6.07) is 6.39. The van der Waals surface area contributed by atoms with E-state index < -0.39 is 11.7 Å². The van der Waals surface area contributed by atoms with Crippen LogP contribution in [0.3, 0.4) is 0 Å². The summed E-state index contributed by atoms with van der Waals surface area (Å²) in [6.45, 7) is 4.04. The number of nitrogens with zero attached hydrogens (tertiary/aromatic N) is 3. The second kappa shape index (κ2) is 7.32. The maximum absolute atomic E-state index is 12.8. The zero-order valence-electron chi connectivity index (χ0n) is 15.2. The van der Waals surface area contributed by atoms with Crippen LogP contribution >= 0.6 is 23.1 Å². The summed E-state index contributed by atoms with van der Waals surface area (Å²) in [6.07, 6.45) is -4.27. The molecule has 0 saturated carbocycles. The first kappa shape index (κ1) is 17.4. The Labute approximate surface area is 158 Å². The molecule has 0 N–H and O–H groups in total. The molecule has 3 rings (SSSR count). The molecule has 0 saturated heterocycles. The average molecular weight is 400 g/mol. The number of rotatable bonds is 5. The van der Waals surface area contributed by atoms with Gasteiger partial charge in [-0.2, -0.15) is 13.2 Å². The predicted molar refractivity (Wildman–Crippen MR) is 97.2 cm³/mol. The SMILES string of the molecule is [2H]c1cc(OC)nn1-c1nc(-c2ccc(C(F)(F)F)cc2)c(SC(C)C)s1. The highest BCUT2D eigenvalue weighted by Gasteiger charge is 2.30. The number of thiazole rings is 1. The number of ether oxygens (including phenoxy) is 1. The van der Waals surface area contributed by atoms with Crippen molar-refractivity contribution in [1.29, 1.82) is 0 Å². The molecule has 0 atom stereocenters. The van der Waals surface area contributed by atoms with Crippen LogP contribution in [0, 0.1) is 0 Å². The van der Waals surface area contributed by atoms with E-state index in [4.69, 9.17) is 6.11 Å². The molecule has 0 radical (unpaired) electrons. The van der Waals surface area contributed by atoms with E-state index in [1.807, 2.05) is 13.8 Å². The Bertz CT molecular complexity index is 936. The zero-order chi connectivity index (χ0) is 19.8. The van der Waals surface area contributed by atoms with Crippen molar-refractivity contribution in [3.05, 3.63) is 42.1 Å². The number of aromatic nitrogens is 3. The second-order valence-electron chi connectivity index (χ2n) is 5.60. The van der Waals surface area contributed by atoms with Crippen molar-refractivity contribution < 1.29 is 19.3 Å². The number of methoxy groups -OCH3 is 1. The van der Waals surface area contributed by atoms with Gasteiger partial charge in [0.25, 0.3) is 0 Å². The highest BCUT2D eigenvalue weighted by Crippen LogP contribution is 2.40. The maximum atomic E-state index is 12.8. The number of thioether (sulfide) groups is 1. The van der Waals surface area contributed by atoms with Gasteiger partial charge in [-0.1, -0.05) is 37.3 Å². The highest BCUT2D eigenvalue weighted by atomic mass is 32.2. The molecule has 2 aromatic heterocycles. The monoisotopic (exact) mass is 400 g/mol. The third-order valence-electron chi connectivity index (χ3n) is 3.31. The highest BCUT2D eigenvalue weighted by molar-refractivity contribution is 8.01. The standard InChI is InChI=1S/C17H16F3N3OS2/c1-10(2)25-15-14(11-4-6-12(7-5-11)17(18,19)20)21-16(26-15)23-9-8-13(22-23)24-3/h4-10H,1-3H3/i9D. The fraction of sp³-hybridized carbons (Fsp3) is 0.294. The molecular weight excluding hydrogens is 383 g/mol. The molecule has 138 valence electrons. The van der Waals surface area contributed by atoms with E-state index in [2.05, 4.69) is 10.1 Å². The lowest BCUT2D eigenvalue weighted by atomic mass is 10.1. The Morgan fingerprint density at radius 3 is 2.46 bits per heavy atom. The molecule has 0 aliphatic carbocycles. The summed E-state index contributed by atoms with van der Waals surface area (Å²) in [7, 11) is 1.46. The molecule has 26 heavy (non-hydrogen) atoms. The van der Waals surface area contributed by atoms with Crippen LogP contribution < -0.4 is 4.74 Å². The zero-order valence-corrected chi connectivity index (χ0v) is 15.8. The van der Waals surface area contributed by atoms with Gasteiger partial charge in [-0.05, 0) is 12.1 Å². The lowest BCUT2D eigenvalue weighted by Gasteiger charge is -2.08. The summed E-state index contributed by atoms with van der Waals surface area (Å²) < 4.78 is 53.7. The molecule has 0 aliphatic heterocycles. The summed E-state index contributed by atoms with van der Waals surface area (Å²) in [5.74, 6) is 0.296. The van der Waals surface area contributed by atoms with Gasteiger partial charge in [-0.3, -0.25) is 0 Å². The molecule has 0 spiro atoms. The largest absolute Gasteiger partial charge is 0.480 e. The molecule has 2 heterocycles. The smallest absolute Gasteiger partial charge is 0.416 e. The normalized spacial score (nSPS) is 12.5. The number of alkyl halides is 3. The molecule has 4 nitrogen and oxygen atoms in total. The van der Waals surface area contributed by atoms with E-state index in [-0.39, 0.29) is 11.4 Å². The van der Waals surface area contributed by atoms with Crippen LogP contribution in [0.15, 0.2) is 40.7 Å². The molecule has 9 heteroatoms. The quantitative estimate of drug-likeness (QED) is 0.529. The van der Waals surface area contributed by atoms with Crippen molar-refractivity contribution in [3.63, 3.8) is 0 Å². The summed E-state index contributed by atoms with van der Waals surface area (Å²) in [5, 5.41) is 4.89. The fourth-order valence-electron chi connectivity index (χ4n) is 2.15. The van der Waals surface area contributed by atoms with Gasteiger partial charge in [0.15, 0.2) is 0 Å². The Morgan fingerprint density at radius 2 is 1.92 bits per heavy atom. The Balaban J connectivity index is 2.05. The lowest BCUT2D eigenvalue weighted by Crippen LogP contribution is -2.04. The summed E-state index contributed by atoms with van der Waals surface area (Å²) >= 11 is 2.90. The van der Waals surface area contributed by atoms with Gasteiger partial charge in [0, 0.05) is 23.1 Å². The van der Waals surface area contributed by atoms with Crippen LogP contribution in [0.4, 0.5) is 13.2 Å². The molecule has 3 aromatic rings. The van der Waals surface area contributed by atoms with Crippen molar-refractivity contribution in [2.45, 2.75) is 29.5 Å². The molecule has 0 bridgehead atoms. The van der Waals surface area contributed by atoms with E-state index in [0.29, 0.717) is 22.3 Å². The van der Waals surface area contributed by atoms with Crippen LogP contribution in [0.1, 0.15) is 20.8 Å². The minimum Gasteiger partial charge on any atom is -0.480 e. The first-order chi connectivity index (χ1) is 12.7. The van der Waals surface area contributed by atoms with Gasteiger partial charge >= 0.3 is 6.18 Å². The second-order valence-corrected chi connectivity index (χ2v) is 8.42. The molecule has 0 aliphatic rings. The number of hydrogen-bond acceptors (Lipinski definition) is 5. The minimum atomic E-state index is -4.38. The van der Waals surface area contributed by atoms with Crippen LogP contribution in [0.5, 0.6) is 5.88 Å². The van der Waals surface area contributed by atoms with Crippen molar-refractivity contribution in [1.82, 2.24) is 14.8 Å². The molecule has 0 unspecified atom stereocenters. The maximum Gasteiger partial charge on any atom is 0.416 e. The van der Waals surface area contributed by atoms with Crippen molar-refractivity contribution in [2.24, 2.45) is 0 Å². The van der Waals surface area contributed by atoms with Crippen LogP contribution in [-0.4, -0.2) is 27.1 Å². The minimum absolute atomic E-state index is 0.112. The van der Waals surface area contributed by atoms with Gasteiger partial charge in [-0.25, -0.2) is 9.67 Å². The Morgan fingerprint density at radius 1 is 1.23 bits per heavy atom. The van der Waals surface area contributed by atoms with Crippen molar-refractivity contribution in [3.8, 4) is 22.3 Å². The summed E-state index contributed by atoms with van der Waals surface area (Å²) in [4.78, 5) is 4.55. The van der Waals surface area contributed by atoms with Crippen molar-refractivity contribution in [2.75, 3.05) is 7.11 Å². The third kappa shape index (κ3) is 4.04. The lowest BCUT2D eigenvalue weighted by molar-refractivity contribution is -0.137. The molecule has 0 fully saturated rings. The van der Waals surface area contributed by atoms with E-state index in [0.717, 1.165) is 16.3 Å². The molecular formula is C17H16F3N3OS2. The summed E-state index contributed by atoms with van der Waals surface area (Å²) in [5.41, 5.74) is 0.459. The number of hydrogen-bond donors (Lipinski definition) is 0. The molecule has 1 aromatic carbocycles. The predicted octanol–water partition coefficient (Wildman–Crippen LogP) is 5.52. The molecule has 0 amide bonds. The van der Waals surface area contributed by atoms with E-state index in [1.165, 1.54) is 41.3 Å². The van der Waals surface area contributed by atoms with E-state index >= 15 is 0 Å². The van der Waals surface area contributed by atoms with Crippen LogP contribution in [-0.2, 0) is 6.18 Å². The van der Waals surface area contributed by atoms with Crippen LogP contribution in [0.2, 0.25) is 0 Å². The fourth-order valence-corrected chi connectivity index (χ4v) is 4.59. The first-order valence-corrected chi connectivity index (χ1v) is 9.34. The van der Waals surface area contributed by atoms with Crippen LogP contribution in [0.25, 0.3) is 16.4 Å².